The minimum Gasteiger partial charge on any atom is -0.494 e. The minimum atomic E-state index is -0.831. The van der Waals surface area contributed by atoms with Crippen molar-refractivity contribution in [2.45, 2.75) is 13.8 Å². The van der Waals surface area contributed by atoms with Crippen LogP contribution in [0.4, 0.5) is 10.5 Å². The maximum atomic E-state index is 12.2. The van der Waals surface area contributed by atoms with Crippen molar-refractivity contribution in [1.82, 2.24) is 10.9 Å². The number of isocyanates is 1. The summed E-state index contributed by atoms with van der Waals surface area (Å²) < 4.78 is 9.64. The third kappa shape index (κ3) is 3.97. The van der Waals surface area contributed by atoms with Crippen LogP contribution in [0.1, 0.15) is 22.8 Å². The molecule has 0 saturated carbocycles. The maximum absolute atomic E-state index is 12.2. The Morgan fingerprint density at radius 1 is 1.41 bits per heavy atom. The van der Waals surface area contributed by atoms with Gasteiger partial charge in [0, 0.05) is 11.1 Å². The van der Waals surface area contributed by atoms with Crippen LogP contribution in [0.2, 0.25) is 5.02 Å². The minimum absolute atomic E-state index is 0.0236. The molecule has 1 aromatic carbocycles. The van der Waals surface area contributed by atoms with E-state index in [0.717, 1.165) is 0 Å². The summed E-state index contributed by atoms with van der Waals surface area (Å²) in [5.41, 5.74) is 4.48. The Kier molecular flexibility index (Phi) is 6.37. The average Bonchev–Trinajstić information content (AvgIpc) is 2.49. The van der Waals surface area contributed by atoms with Crippen LogP contribution in [0.3, 0.4) is 0 Å². The lowest BCUT2D eigenvalue weighted by Crippen LogP contribution is -2.42. The van der Waals surface area contributed by atoms with Gasteiger partial charge in [0.15, 0.2) is 0 Å². The number of benzene rings is 1. The fourth-order valence-corrected chi connectivity index (χ4v) is 1.83. The van der Waals surface area contributed by atoms with E-state index in [9.17, 15) is 14.4 Å². The van der Waals surface area contributed by atoms with Crippen molar-refractivity contribution in [3.63, 3.8) is 0 Å². The van der Waals surface area contributed by atoms with E-state index in [1.165, 1.54) is 19.3 Å². The first-order valence-electron chi connectivity index (χ1n) is 6.14. The fraction of sp³-hybridized carbons (Fsp3) is 0.308. The van der Waals surface area contributed by atoms with Crippen LogP contribution in [0.5, 0.6) is 5.75 Å². The second-order valence-corrected chi connectivity index (χ2v) is 4.32. The highest BCUT2D eigenvalue weighted by Crippen LogP contribution is 2.37. The van der Waals surface area contributed by atoms with E-state index in [-0.39, 0.29) is 28.6 Å². The number of aliphatic imine (C=N–C) groups is 1. The summed E-state index contributed by atoms with van der Waals surface area (Å²) >= 11 is 6.01. The molecule has 0 aromatic heterocycles. The molecule has 2 N–H and O–H groups in total. The van der Waals surface area contributed by atoms with Gasteiger partial charge in [-0.15, -0.1) is 0 Å². The number of carbonyl (C=O) groups excluding carboxylic acids is 3. The number of hydrogen-bond donors (Lipinski definition) is 2. The fourth-order valence-electron chi connectivity index (χ4n) is 1.64. The second kappa shape index (κ2) is 8.02. The van der Waals surface area contributed by atoms with Crippen LogP contribution < -0.4 is 15.6 Å². The molecular formula is C13H14ClN3O5. The van der Waals surface area contributed by atoms with E-state index < -0.39 is 12.0 Å². The average molecular weight is 328 g/mol. The van der Waals surface area contributed by atoms with E-state index in [1.54, 1.807) is 13.8 Å². The molecule has 0 atom stereocenters. The highest BCUT2D eigenvalue weighted by Gasteiger charge is 2.22. The number of ether oxygens (including phenoxy) is 2. The smallest absolute Gasteiger partial charge is 0.426 e. The molecule has 22 heavy (non-hydrogen) atoms. The first kappa shape index (κ1) is 17.5. The zero-order chi connectivity index (χ0) is 16.7. The van der Waals surface area contributed by atoms with Gasteiger partial charge < -0.3 is 9.47 Å². The van der Waals surface area contributed by atoms with Crippen molar-refractivity contribution in [2.24, 2.45) is 4.99 Å². The summed E-state index contributed by atoms with van der Waals surface area (Å²) in [6.45, 7) is 3.32. The molecule has 0 fully saturated rings. The maximum Gasteiger partial charge on any atom is 0.426 e. The standard InChI is InChI=1S/C13H14ClN3O5/c1-4-22-13(20)17-16-12(19)10-7(2)8(14)5-9(21-3)11(10)15-6-18/h5H,4H2,1-3H3,(H,16,19)(H,17,20). The van der Waals surface area contributed by atoms with Crippen molar-refractivity contribution in [1.29, 1.82) is 0 Å². The molecular weight excluding hydrogens is 314 g/mol. The number of hydrazine groups is 1. The van der Waals surface area contributed by atoms with E-state index in [4.69, 9.17) is 16.3 Å². The van der Waals surface area contributed by atoms with Gasteiger partial charge in [-0.25, -0.2) is 15.0 Å². The first-order chi connectivity index (χ1) is 10.5. The summed E-state index contributed by atoms with van der Waals surface area (Å²) in [5.74, 6) is -0.611. The SMILES string of the molecule is CCOC(=O)NNC(=O)c1c(C)c(Cl)cc(OC)c1N=C=O. The first-order valence-corrected chi connectivity index (χ1v) is 6.52. The molecule has 1 rings (SSSR count). The number of halogens is 1. The Labute approximate surface area is 131 Å². The molecule has 0 saturated heterocycles. The molecule has 0 aliphatic heterocycles. The number of nitrogens with one attached hydrogen (secondary N) is 2. The molecule has 118 valence electrons. The van der Waals surface area contributed by atoms with Gasteiger partial charge in [0.05, 0.1) is 19.3 Å². The van der Waals surface area contributed by atoms with E-state index in [0.29, 0.717) is 5.56 Å². The van der Waals surface area contributed by atoms with Gasteiger partial charge in [-0.2, -0.15) is 4.99 Å². The molecule has 0 bridgehead atoms. The van der Waals surface area contributed by atoms with Crippen LogP contribution in [0.25, 0.3) is 0 Å². The number of amides is 2. The molecule has 9 heteroatoms. The number of carbonyl (C=O) groups is 2. The summed E-state index contributed by atoms with van der Waals surface area (Å²) in [4.78, 5) is 37.4. The van der Waals surface area contributed by atoms with Crippen molar-refractivity contribution >= 4 is 35.4 Å². The van der Waals surface area contributed by atoms with Crippen molar-refractivity contribution < 1.29 is 23.9 Å². The van der Waals surface area contributed by atoms with Gasteiger partial charge in [0.25, 0.3) is 5.91 Å². The normalized spacial score (nSPS) is 9.45. The van der Waals surface area contributed by atoms with Gasteiger partial charge in [-0.05, 0) is 19.4 Å². The third-order valence-corrected chi connectivity index (χ3v) is 3.01. The number of rotatable bonds is 4. The largest absolute Gasteiger partial charge is 0.494 e. The number of nitrogens with zero attached hydrogens (tertiary/aromatic N) is 1. The Morgan fingerprint density at radius 2 is 2.09 bits per heavy atom. The summed E-state index contributed by atoms with van der Waals surface area (Å²) in [6, 6.07) is 1.42. The van der Waals surface area contributed by atoms with Gasteiger partial charge >= 0.3 is 6.09 Å². The van der Waals surface area contributed by atoms with E-state index in [1.807, 2.05) is 0 Å². The monoisotopic (exact) mass is 327 g/mol. The highest BCUT2D eigenvalue weighted by atomic mass is 35.5. The number of methoxy groups -OCH3 is 1. The summed E-state index contributed by atoms with van der Waals surface area (Å²) in [5, 5.41) is 0.239. The Bertz CT molecular complexity index is 641. The Balaban J connectivity index is 3.20. The zero-order valence-electron chi connectivity index (χ0n) is 12.2. The summed E-state index contributed by atoms with van der Waals surface area (Å²) in [7, 11) is 1.34. The Hall–Kier alpha value is -2.57. The van der Waals surface area contributed by atoms with Crippen LogP contribution >= 0.6 is 11.6 Å². The molecule has 1 aromatic rings. The third-order valence-electron chi connectivity index (χ3n) is 2.62. The van der Waals surface area contributed by atoms with Gasteiger partial charge in [0.1, 0.15) is 11.4 Å². The lowest BCUT2D eigenvalue weighted by atomic mass is 10.0. The van der Waals surface area contributed by atoms with Crippen molar-refractivity contribution in [2.75, 3.05) is 13.7 Å². The molecule has 0 spiro atoms. The van der Waals surface area contributed by atoms with Crippen LogP contribution in [-0.2, 0) is 9.53 Å². The molecule has 0 radical (unpaired) electrons. The van der Waals surface area contributed by atoms with E-state index in [2.05, 4.69) is 20.6 Å². The molecule has 0 heterocycles. The van der Waals surface area contributed by atoms with E-state index >= 15 is 0 Å². The predicted molar refractivity (Wildman–Crippen MR) is 78.1 cm³/mol. The highest BCUT2D eigenvalue weighted by molar-refractivity contribution is 6.32. The lowest BCUT2D eigenvalue weighted by molar-refractivity contribution is 0.0912. The molecule has 0 aliphatic rings. The second-order valence-electron chi connectivity index (χ2n) is 3.91. The van der Waals surface area contributed by atoms with Crippen LogP contribution in [-0.4, -0.2) is 31.8 Å². The van der Waals surface area contributed by atoms with Crippen LogP contribution in [0.15, 0.2) is 11.1 Å². The van der Waals surface area contributed by atoms with Gasteiger partial charge in [0.2, 0.25) is 6.08 Å². The molecule has 0 unspecified atom stereocenters. The quantitative estimate of drug-likeness (QED) is 0.500. The summed E-state index contributed by atoms with van der Waals surface area (Å²) in [6.07, 6.45) is 0.515. The van der Waals surface area contributed by atoms with Gasteiger partial charge in [-0.1, -0.05) is 11.6 Å². The molecule has 8 nitrogen and oxygen atoms in total. The topological polar surface area (TPSA) is 106 Å². The molecule has 2 amide bonds. The number of hydrogen-bond acceptors (Lipinski definition) is 6. The van der Waals surface area contributed by atoms with Gasteiger partial charge in [-0.3, -0.25) is 10.2 Å². The Morgan fingerprint density at radius 3 is 2.64 bits per heavy atom. The van der Waals surface area contributed by atoms with Crippen molar-refractivity contribution in [3.8, 4) is 5.75 Å². The van der Waals surface area contributed by atoms with Crippen molar-refractivity contribution in [3.05, 3.63) is 22.2 Å². The lowest BCUT2D eigenvalue weighted by Gasteiger charge is -2.14. The molecule has 0 aliphatic carbocycles. The zero-order valence-corrected chi connectivity index (χ0v) is 12.9. The predicted octanol–water partition coefficient (Wildman–Crippen LogP) is 2.02. The van der Waals surface area contributed by atoms with Crippen LogP contribution in [0, 0.1) is 6.92 Å².